The highest BCUT2D eigenvalue weighted by atomic mass is 32.2. The van der Waals surface area contributed by atoms with E-state index in [0.717, 1.165) is 71.3 Å². The lowest BCUT2D eigenvalue weighted by molar-refractivity contribution is 0.135. The number of aromatic nitrogens is 4. The van der Waals surface area contributed by atoms with Gasteiger partial charge in [0.05, 0.1) is 73.5 Å². The standard InChI is InChI=1S/C22H28N4O2.C18H22N4O4S.C8H11NO.C4H9N/c1-22(2)17-12-23-20(11-10-15-8-9-15)24-18(17)13-26(22)21(28)25-19(14-27)16-6-4-3-5-7-16;1-18(2)13-9-19-16(27(3,25)26)20-14(13)10-22(18)17(24)21-15(11-23)12-7-5-4-6-8-12;9-8(6-10)7-4-2-1-3-5-7;5-3-4-1-2-4/h3-7,12,15,19,27H,8-11,13-14H2,1-2H3,(H,25,28);4-9,15,23H,10-11H2,1-3H3,(H,21,24);1-5,8,10H,6,9H2;4H,1-3,5H2/t19-;15-;8-;/m111./s1. The molecule has 3 aromatic carbocycles. The van der Waals surface area contributed by atoms with Crippen molar-refractivity contribution in [2.45, 2.75) is 114 Å². The van der Waals surface area contributed by atoms with Crippen molar-refractivity contribution in [2.24, 2.45) is 23.3 Å². The average molecular weight is 979 g/mol. The molecule has 18 heteroatoms. The Kier molecular flexibility index (Phi) is 18.2. The van der Waals surface area contributed by atoms with E-state index in [-0.39, 0.29) is 49.6 Å². The van der Waals surface area contributed by atoms with E-state index in [1.54, 1.807) is 9.80 Å². The minimum absolute atomic E-state index is 0.00398. The Morgan fingerprint density at radius 3 is 1.49 bits per heavy atom. The minimum Gasteiger partial charge on any atom is -0.394 e. The van der Waals surface area contributed by atoms with Gasteiger partial charge in [-0.1, -0.05) is 104 Å². The summed E-state index contributed by atoms with van der Waals surface area (Å²) < 4.78 is 23.4. The van der Waals surface area contributed by atoms with E-state index in [2.05, 4.69) is 25.6 Å². The van der Waals surface area contributed by atoms with Crippen LogP contribution in [0.15, 0.2) is 109 Å². The molecule has 0 bridgehead atoms. The molecule has 0 spiro atoms. The second-order valence-corrected chi connectivity index (χ2v) is 21.2. The van der Waals surface area contributed by atoms with Crippen molar-refractivity contribution < 1.29 is 33.3 Å². The largest absolute Gasteiger partial charge is 0.394 e. The van der Waals surface area contributed by atoms with Crippen LogP contribution in [0.2, 0.25) is 0 Å². The van der Waals surface area contributed by atoms with Gasteiger partial charge in [-0.3, -0.25) is 0 Å². The molecule has 17 nitrogen and oxygen atoms in total. The number of amides is 4. The van der Waals surface area contributed by atoms with Crippen LogP contribution in [0.3, 0.4) is 0 Å². The molecule has 376 valence electrons. The lowest BCUT2D eigenvalue weighted by Gasteiger charge is -2.33. The predicted molar refractivity (Wildman–Crippen MR) is 267 cm³/mol. The Bertz CT molecular complexity index is 2600. The summed E-state index contributed by atoms with van der Waals surface area (Å²) in [7, 11) is -3.53. The van der Waals surface area contributed by atoms with Crippen molar-refractivity contribution in [1.29, 1.82) is 0 Å². The van der Waals surface area contributed by atoms with Crippen molar-refractivity contribution in [3.63, 3.8) is 0 Å². The smallest absolute Gasteiger partial charge is 0.319 e. The zero-order valence-electron chi connectivity index (χ0n) is 40.9. The van der Waals surface area contributed by atoms with Crippen LogP contribution in [-0.2, 0) is 40.4 Å². The number of rotatable bonds is 13. The number of aliphatic hydroxyl groups excluding tert-OH is 3. The van der Waals surface area contributed by atoms with Crippen LogP contribution < -0.4 is 22.1 Å². The monoisotopic (exact) mass is 979 g/mol. The molecule has 4 amide bonds. The van der Waals surface area contributed by atoms with Gasteiger partial charge in [0.15, 0.2) is 0 Å². The van der Waals surface area contributed by atoms with E-state index < -0.39 is 33.0 Å². The fraction of sp³-hybridized carbons (Fsp3) is 0.462. The first kappa shape index (κ1) is 53.5. The molecule has 9 N–H and O–H groups in total. The first-order valence-electron chi connectivity index (χ1n) is 23.9. The summed E-state index contributed by atoms with van der Waals surface area (Å²) in [6.45, 7) is 8.87. The van der Waals surface area contributed by atoms with E-state index in [9.17, 15) is 28.2 Å². The predicted octanol–water partition coefficient (Wildman–Crippen LogP) is 5.72. The maximum atomic E-state index is 13.0. The molecule has 5 aromatic rings. The number of aliphatic hydroxyl groups is 3. The van der Waals surface area contributed by atoms with Gasteiger partial charge in [-0.2, -0.15) is 0 Å². The van der Waals surface area contributed by atoms with Gasteiger partial charge >= 0.3 is 12.1 Å². The number of hydrogen-bond donors (Lipinski definition) is 7. The Labute approximate surface area is 412 Å². The number of urea groups is 2. The molecule has 0 saturated heterocycles. The van der Waals surface area contributed by atoms with Crippen molar-refractivity contribution in [2.75, 3.05) is 32.6 Å². The van der Waals surface area contributed by atoms with Crippen LogP contribution in [0, 0.1) is 11.8 Å². The quantitative estimate of drug-likeness (QED) is 0.0697. The summed E-state index contributed by atoms with van der Waals surface area (Å²) in [6.07, 6.45) is 11.9. The van der Waals surface area contributed by atoms with Crippen molar-refractivity contribution in [3.05, 3.63) is 148 Å². The minimum atomic E-state index is -3.53. The summed E-state index contributed by atoms with van der Waals surface area (Å²) in [5.41, 5.74) is 15.4. The van der Waals surface area contributed by atoms with Crippen LogP contribution in [0.5, 0.6) is 0 Å². The maximum absolute atomic E-state index is 13.0. The third-order valence-electron chi connectivity index (χ3n) is 13.2. The Balaban J connectivity index is 0.000000177. The molecule has 9 rings (SSSR count). The fourth-order valence-corrected chi connectivity index (χ4v) is 8.77. The highest BCUT2D eigenvalue weighted by Gasteiger charge is 2.44. The number of hydrogen-bond acceptors (Lipinski definition) is 13. The lowest BCUT2D eigenvalue weighted by Crippen LogP contribution is -2.47. The number of nitrogens with two attached hydrogens (primary N) is 2. The van der Waals surface area contributed by atoms with Crippen LogP contribution in [-0.4, -0.2) is 98.2 Å². The molecule has 2 saturated carbocycles. The van der Waals surface area contributed by atoms with Crippen LogP contribution in [0.25, 0.3) is 0 Å². The number of aryl methyl sites for hydroxylation is 1. The normalized spacial score (nSPS) is 17.4. The number of sulfone groups is 1. The zero-order chi connectivity index (χ0) is 50.6. The van der Waals surface area contributed by atoms with Crippen molar-refractivity contribution >= 4 is 21.9 Å². The van der Waals surface area contributed by atoms with Crippen molar-refractivity contribution in [3.8, 4) is 0 Å². The molecule has 2 aliphatic carbocycles. The highest BCUT2D eigenvalue weighted by Crippen LogP contribution is 2.40. The van der Waals surface area contributed by atoms with E-state index in [1.807, 2.05) is 125 Å². The second kappa shape index (κ2) is 23.8. The number of fused-ring (bicyclic) bond motifs is 2. The fourth-order valence-electron chi connectivity index (χ4n) is 8.25. The summed E-state index contributed by atoms with van der Waals surface area (Å²) in [5.74, 6) is 2.64. The van der Waals surface area contributed by atoms with Gasteiger partial charge in [0.2, 0.25) is 15.0 Å². The molecule has 0 unspecified atom stereocenters. The molecule has 2 aromatic heterocycles. The summed E-state index contributed by atoms with van der Waals surface area (Å²) in [6, 6.07) is 26.5. The van der Waals surface area contributed by atoms with Gasteiger partial charge in [-0.25, -0.2) is 37.9 Å². The van der Waals surface area contributed by atoms with Gasteiger partial charge in [-0.05, 0) is 82.0 Å². The zero-order valence-corrected chi connectivity index (χ0v) is 41.7. The number of nitrogens with one attached hydrogen (secondary N) is 2. The maximum Gasteiger partial charge on any atom is 0.319 e. The van der Waals surface area contributed by atoms with Gasteiger partial charge < -0.3 is 47.2 Å². The first-order valence-corrected chi connectivity index (χ1v) is 25.8. The third-order valence-corrected chi connectivity index (χ3v) is 14.0. The van der Waals surface area contributed by atoms with E-state index in [4.69, 9.17) is 21.6 Å². The van der Waals surface area contributed by atoms with Gasteiger partial charge in [0, 0.05) is 36.2 Å². The Morgan fingerprint density at radius 2 is 1.10 bits per heavy atom. The van der Waals surface area contributed by atoms with Crippen LogP contribution >= 0.6 is 0 Å². The first-order chi connectivity index (χ1) is 33.4. The van der Waals surface area contributed by atoms with Crippen LogP contribution in [0.4, 0.5) is 9.59 Å². The van der Waals surface area contributed by atoms with E-state index in [1.165, 1.54) is 31.9 Å². The molecule has 0 radical (unpaired) electrons. The number of carbonyl (C=O) groups is 2. The summed E-state index contributed by atoms with van der Waals surface area (Å²) >= 11 is 0. The topological polar surface area (TPSA) is 263 Å². The molecular formula is C52H70N10O7S. The molecule has 4 heterocycles. The lowest BCUT2D eigenvalue weighted by atomic mass is 9.97. The summed E-state index contributed by atoms with van der Waals surface area (Å²) in [5, 5.41) is 33.7. The van der Waals surface area contributed by atoms with Crippen molar-refractivity contribution in [1.82, 2.24) is 40.4 Å². The molecule has 2 aliphatic heterocycles. The second-order valence-electron chi connectivity index (χ2n) is 19.3. The SMILES string of the molecule is CC1(C)c2cnc(CCC3CC3)nc2CN1C(=O)N[C@H](CO)c1ccccc1.CC1(C)c2cnc(S(C)(=O)=O)nc2CN1C(=O)N[C@H](CO)c1ccccc1.NCC1CC1.N[C@H](CO)c1ccccc1. The molecular weight excluding hydrogens is 909 g/mol. The Morgan fingerprint density at radius 1 is 0.671 bits per heavy atom. The summed E-state index contributed by atoms with van der Waals surface area (Å²) in [4.78, 5) is 46.7. The number of carbonyl (C=O) groups excluding carboxylic acids is 2. The van der Waals surface area contributed by atoms with E-state index in [0.29, 0.717) is 17.8 Å². The molecule has 70 heavy (non-hydrogen) atoms. The van der Waals surface area contributed by atoms with E-state index >= 15 is 0 Å². The van der Waals surface area contributed by atoms with Gasteiger partial charge in [-0.15, -0.1) is 0 Å². The highest BCUT2D eigenvalue weighted by molar-refractivity contribution is 7.90. The molecule has 3 atom stereocenters. The number of nitrogens with zero attached hydrogens (tertiary/aromatic N) is 6. The average Bonchev–Trinajstić information content (AvgIpc) is 4.32. The van der Waals surface area contributed by atoms with Crippen LogP contribution in [0.1, 0.15) is 123 Å². The molecule has 2 fully saturated rings. The molecule has 4 aliphatic rings. The van der Waals surface area contributed by atoms with Gasteiger partial charge in [0.25, 0.3) is 0 Å². The third kappa shape index (κ3) is 13.9. The Hall–Kier alpha value is -5.89. The number of benzene rings is 3. The van der Waals surface area contributed by atoms with Gasteiger partial charge in [0.1, 0.15) is 5.82 Å².